The molecular formula is C23H33N5O9S2. The maximum atomic E-state index is 13.2. The van der Waals surface area contributed by atoms with Gasteiger partial charge in [-0.05, 0) is 13.3 Å². The number of anilines is 1. The summed E-state index contributed by atoms with van der Waals surface area (Å²) in [7, 11) is 1.43. The van der Waals surface area contributed by atoms with Crippen LogP contribution in [0.15, 0.2) is 10.5 Å². The summed E-state index contributed by atoms with van der Waals surface area (Å²) in [6.07, 6.45) is -0.611. The zero-order valence-corrected chi connectivity index (χ0v) is 23.8. The Morgan fingerprint density at radius 1 is 1.33 bits per heavy atom. The molecular weight excluding hydrogens is 554 g/mol. The number of ether oxygens (including phenoxy) is 4. The van der Waals surface area contributed by atoms with Crippen LogP contribution in [0.5, 0.6) is 0 Å². The highest BCUT2D eigenvalue weighted by molar-refractivity contribution is 8.00. The molecule has 0 aromatic carbocycles. The van der Waals surface area contributed by atoms with Gasteiger partial charge in [-0.2, -0.15) is 0 Å². The number of nitrogen functional groups attached to an aromatic ring is 1. The third-order valence-corrected chi connectivity index (χ3v) is 8.06. The standard InChI is InChI=1S/C23H33N5O9S2/c1-5-7-8-34-22(32)37-13(3)36-20(31)23(11-33-4)10-28-18(30)16(19(28)39-12-23)26-17(29)15(27-35-6-2)14-9-38-21(24)25-14/h9,13,16,19H,5-8,10-12H2,1-4H3,(H2,24,25)(H,26,29)/t13?,16?,19-,23?/m1/s1. The van der Waals surface area contributed by atoms with Crippen molar-refractivity contribution in [3.63, 3.8) is 0 Å². The first kappa shape index (κ1) is 30.4. The number of esters is 1. The Bertz CT molecular complexity index is 1080. The van der Waals surface area contributed by atoms with Crippen LogP contribution in [-0.2, 0) is 38.2 Å². The summed E-state index contributed by atoms with van der Waals surface area (Å²) in [6, 6.07) is -0.845. The van der Waals surface area contributed by atoms with Crippen LogP contribution in [0.2, 0.25) is 0 Å². The van der Waals surface area contributed by atoms with Crippen LogP contribution in [0.25, 0.3) is 0 Å². The van der Waals surface area contributed by atoms with E-state index >= 15 is 0 Å². The molecule has 3 unspecified atom stereocenters. The van der Waals surface area contributed by atoms with E-state index in [-0.39, 0.29) is 54.6 Å². The molecule has 2 aliphatic heterocycles. The number of carbonyl (C=O) groups excluding carboxylic acids is 4. The Morgan fingerprint density at radius 3 is 2.74 bits per heavy atom. The zero-order valence-electron chi connectivity index (χ0n) is 22.2. The predicted molar refractivity (Wildman–Crippen MR) is 142 cm³/mol. The molecule has 216 valence electrons. The van der Waals surface area contributed by atoms with E-state index in [1.54, 1.807) is 12.3 Å². The first-order valence-electron chi connectivity index (χ1n) is 12.3. The van der Waals surface area contributed by atoms with Gasteiger partial charge in [-0.15, -0.1) is 23.1 Å². The quantitative estimate of drug-likeness (QED) is 0.0845. The second kappa shape index (κ2) is 13.8. The molecule has 39 heavy (non-hydrogen) atoms. The number of methoxy groups -OCH3 is 1. The van der Waals surface area contributed by atoms with E-state index in [0.29, 0.717) is 6.42 Å². The lowest BCUT2D eigenvalue weighted by Crippen LogP contribution is -2.74. The van der Waals surface area contributed by atoms with Crippen LogP contribution >= 0.6 is 23.1 Å². The Labute approximate surface area is 233 Å². The van der Waals surface area contributed by atoms with Crippen molar-refractivity contribution in [1.82, 2.24) is 15.2 Å². The maximum absolute atomic E-state index is 13.2. The number of unbranched alkanes of at least 4 members (excludes halogenated alkanes) is 1. The summed E-state index contributed by atoms with van der Waals surface area (Å²) in [5, 5.41) is 7.93. The molecule has 16 heteroatoms. The molecule has 14 nitrogen and oxygen atoms in total. The number of rotatable bonds is 13. The van der Waals surface area contributed by atoms with Crippen LogP contribution in [0, 0.1) is 5.41 Å². The minimum absolute atomic E-state index is 0.00127. The average molecular weight is 588 g/mol. The third kappa shape index (κ3) is 7.30. The van der Waals surface area contributed by atoms with Gasteiger partial charge in [0.15, 0.2) is 10.8 Å². The van der Waals surface area contributed by atoms with Crippen LogP contribution in [0.1, 0.15) is 39.3 Å². The number of nitrogens with zero attached hydrogens (tertiary/aromatic N) is 3. The van der Waals surface area contributed by atoms with E-state index in [9.17, 15) is 19.2 Å². The molecule has 0 bridgehead atoms. The molecule has 4 atom stereocenters. The van der Waals surface area contributed by atoms with Crippen molar-refractivity contribution in [3.05, 3.63) is 11.1 Å². The smallest absolute Gasteiger partial charge is 0.434 e. The number of hydrogen-bond acceptors (Lipinski definition) is 14. The molecule has 2 saturated heterocycles. The van der Waals surface area contributed by atoms with E-state index in [0.717, 1.165) is 17.8 Å². The summed E-state index contributed by atoms with van der Waals surface area (Å²) < 4.78 is 20.6. The number of thiazole rings is 1. The van der Waals surface area contributed by atoms with Crippen molar-refractivity contribution in [2.75, 3.05) is 45.0 Å². The number of hydrogen-bond donors (Lipinski definition) is 2. The highest BCUT2D eigenvalue weighted by Crippen LogP contribution is 2.43. The maximum Gasteiger partial charge on any atom is 0.511 e. The SMILES string of the molecule is CCCCOC(=O)OC(C)OC(=O)C1(COC)CS[C@@H]2C(NC(=O)C(=NOCC)c3csc(N)n3)C(=O)N2C1. The highest BCUT2D eigenvalue weighted by Gasteiger charge is 2.58. The molecule has 0 aliphatic carbocycles. The topological polar surface area (TPSA) is 181 Å². The molecule has 3 rings (SSSR count). The van der Waals surface area contributed by atoms with Gasteiger partial charge in [0.2, 0.25) is 12.2 Å². The molecule has 0 radical (unpaired) electrons. The molecule has 3 N–H and O–H groups in total. The first-order chi connectivity index (χ1) is 18.7. The van der Waals surface area contributed by atoms with E-state index in [4.69, 9.17) is 29.5 Å². The molecule has 2 amide bonds. The van der Waals surface area contributed by atoms with Crippen LogP contribution < -0.4 is 11.1 Å². The van der Waals surface area contributed by atoms with Crippen molar-refractivity contribution in [1.29, 1.82) is 0 Å². The van der Waals surface area contributed by atoms with E-state index in [1.807, 2.05) is 6.92 Å². The fourth-order valence-electron chi connectivity index (χ4n) is 3.88. The van der Waals surface area contributed by atoms with Gasteiger partial charge in [0, 0.05) is 31.7 Å². The number of oxime groups is 1. The minimum atomic E-state index is -1.20. The Morgan fingerprint density at radius 2 is 2.10 bits per heavy atom. The lowest BCUT2D eigenvalue weighted by atomic mass is 9.88. The number of nitrogens with two attached hydrogens (primary N) is 1. The fourth-order valence-corrected chi connectivity index (χ4v) is 5.95. The van der Waals surface area contributed by atoms with Gasteiger partial charge in [0.1, 0.15) is 29.1 Å². The summed E-state index contributed by atoms with van der Waals surface area (Å²) in [4.78, 5) is 61.6. The van der Waals surface area contributed by atoms with Gasteiger partial charge >= 0.3 is 12.1 Å². The van der Waals surface area contributed by atoms with Crippen molar-refractivity contribution in [3.8, 4) is 0 Å². The van der Waals surface area contributed by atoms with E-state index in [2.05, 4.69) is 15.5 Å². The Balaban J connectivity index is 1.62. The second-order valence-corrected chi connectivity index (χ2v) is 10.8. The van der Waals surface area contributed by atoms with Gasteiger partial charge in [-0.3, -0.25) is 14.4 Å². The molecule has 0 spiro atoms. The van der Waals surface area contributed by atoms with Crippen LogP contribution in [-0.4, -0.2) is 96.5 Å². The van der Waals surface area contributed by atoms with Gasteiger partial charge in [0.05, 0.1) is 13.2 Å². The number of thioether (sulfide) groups is 1. The zero-order chi connectivity index (χ0) is 28.6. The lowest BCUT2D eigenvalue weighted by molar-refractivity contribution is -0.185. The Hall–Kier alpha value is -3.11. The van der Waals surface area contributed by atoms with Crippen LogP contribution in [0.3, 0.4) is 0 Å². The number of carbonyl (C=O) groups is 4. The summed E-state index contributed by atoms with van der Waals surface area (Å²) in [5.74, 6) is -1.48. The van der Waals surface area contributed by atoms with Gasteiger partial charge in [0.25, 0.3) is 5.91 Å². The van der Waals surface area contributed by atoms with E-state index < -0.39 is 41.2 Å². The van der Waals surface area contributed by atoms with Crippen molar-refractivity contribution < 1.29 is 43.0 Å². The van der Waals surface area contributed by atoms with E-state index in [1.165, 1.54) is 30.7 Å². The largest absolute Gasteiger partial charge is 0.511 e. The van der Waals surface area contributed by atoms with Crippen LogP contribution in [0.4, 0.5) is 9.93 Å². The molecule has 3 heterocycles. The average Bonchev–Trinajstić information content (AvgIpc) is 3.33. The number of amides is 2. The van der Waals surface area contributed by atoms with Crippen molar-refractivity contribution >= 4 is 57.9 Å². The number of β-lactam (4-membered cyclic amide) rings is 1. The first-order valence-corrected chi connectivity index (χ1v) is 14.3. The van der Waals surface area contributed by atoms with Gasteiger partial charge < -0.3 is 39.7 Å². The molecule has 1 aromatic rings. The van der Waals surface area contributed by atoms with Gasteiger partial charge in [-0.25, -0.2) is 9.78 Å². The number of nitrogens with one attached hydrogen (secondary N) is 1. The molecule has 2 fully saturated rings. The van der Waals surface area contributed by atoms with Crippen molar-refractivity contribution in [2.45, 2.75) is 51.3 Å². The fraction of sp³-hybridized carbons (Fsp3) is 0.652. The molecule has 0 saturated carbocycles. The second-order valence-electron chi connectivity index (χ2n) is 8.80. The number of aromatic nitrogens is 1. The summed E-state index contributed by atoms with van der Waals surface area (Å²) >= 11 is 2.44. The minimum Gasteiger partial charge on any atom is -0.434 e. The normalized spacial score (nSPS) is 23.2. The number of fused-ring (bicyclic) bond motifs is 1. The summed E-state index contributed by atoms with van der Waals surface area (Å²) in [5.41, 5.74) is 4.61. The lowest BCUT2D eigenvalue weighted by Gasteiger charge is -2.53. The monoisotopic (exact) mass is 587 g/mol. The highest BCUT2D eigenvalue weighted by atomic mass is 32.2. The van der Waals surface area contributed by atoms with Gasteiger partial charge in [-0.1, -0.05) is 18.5 Å². The summed E-state index contributed by atoms with van der Waals surface area (Å²) in [6.45, 7) is 5.46. The molecule has 2 aliphatic rings. The predicted octanol–water partition coefficient (Wildman–Crippen LogP) is 1.34. The third-order valence-electron chi connectivity index (χ3n) is 5.80. The molecule has 1 aromatic heterocycles. The van der Waals surface area contributed by atoms with Crippen molar-refractivity contribution in [2.24, 2.45) is 10.6 Å². The Kier molecular flexibility index (Phi) is 10.8.